The van der Waals surface area contributed by atoms with Gasteiger partial charge in [-0.3, -0.25) is 0 Å². The summed E-state index contributed by atoms with van der Waals surface area (Å²) in [6.45, 7) is 0. The highest BCUT2D eigenvalue weighted by atomic mass is 79.9. The molecule has 2 rings (SSSR count). The number of rotatable bonds is 0. The summed E-state index contributed by atoms with van der Waals surface area (Å²) in [5.74, 6) is 0. The number of halogens is 2. The van der Waals surface area contributed by atoms with E-state index >= 15 is 0 Å². The lowest BCUT2D eigenvalue weighted by atomic mass is 10.2. The predicted octanol–water partition coefficient (Wildman–Crippen LogP) is 1.69. The molecule has 0 amide bonds. The van der Waals surface area contributed by atoms with Gasteiger partial charge < -0.3 is 9.84 Å². The Morgan fingerprint density at radius 1 is 1.27 bits per heavy atom. The van der Waals surface area contributed by atoms with E-state index in [0.717, 1.165) is 8.96 Å². The molecule has 0 fully saturated rings. The first-order valence-electron chi connectivity index (χ1n) is 3.27. The van der Waals surface area contributed by atoms with Crippen LogP contribution in [0, 0.1) is 0 Å². The lowest BCUT2D eigenvalue weighted by Gasteiger charge is -2.25. The summed E-state index contributed by atoms with van der Waals surface area (Å²) in [6.07, 6.45) is 3.09. The van der Waals surface area contributed by atoms with Gasteiger partial charge in [0.2, 0.25) is 0 Å². The van der Waals surface area contributed by atoms with E-state index in [2.05, 4.69) is 31.9 Å². The van der Waals surface area contributed by atoms with Gasteiger partial charge in [0.25, 0.3) is 0 Å². The van der Waals surface area contributed by atoms with Crippen molar-refractivity contribution >= 4 is 31.9 Å². The highest BCUT2D eigenvalue weighted by molar-refractivity contribution is 9.14. The summed E-state index contributed by atoms with van der Waals surface area (Å²) in [7, 11) is 0. The van der Waals surface area contributed by atoms with E-state index in [1.165, 1.54) is 0 Å². The Morgan fingerprint density at radius 3 is 2.73 bits per heavy atom. The zero-order valence-electron chi connectivity index (χ0n) is 5.50. The minimum absolute atomic E-state index is 0.00206. The molecule has 4 heteroatoms. The van der Waals surface area contributed by atoms with Crippen LogP contribution in [0.25, 0.3) is 0 Å². The fourth-order valence-corrected chi connectivity index (χ4v) is 2.20. The van der Waals surface area contributed by atoms with Crippen molar-refractivity contribution in [3.63, 3.8) is 0 Å². The average Bonchev–Trinajstić information content (AvgIpc) is 2.44. The van der Waals surface area contributed by atoms with Gasteiger partial charge >= 0.3 is 0 Å². The first-order chi connectivity index (χ1) is 5.20. The highest BCUT2D eigenvalue weighted by Crippen LogP contribution is 2.37. The number of hydrogen-bond acceptors (Lipinski definition) is 2. The second kappa shape index (κ2) is 2.69. The summed E-state index contributed by atoms with van der Waals surface area (Å²) in [5, 5.41) is 9.52. The molecular weight excluding hydrogens is 276 g/mol. The Bertz CT molecular complexity index is 247. The van der Waals surface area contributed by atoms with Crippen LogP contribution in [-0.2, 0) is 4.74 Å². The molecule has 0 aromatic rings. The van der Waals surface area contributed by atoms with Crippen LogP contribution in [0.2, 0.25) is 0 Å². The third-order valence-electron chi connectivity index (χ3n) is 1.83. The van der Waals surface area contributed by atoms with Crippen LogP contribution in [0.3, 0.4) is 0 Å². The molecule has 0 aromatic carbocycles. The molecule has 2 nitrogen and oxygen atoms in total. The summed E-state index contributed by atoms with van der Waals surface area (Å²) in [5.41, 5.74) is 0. The number of hydrogen-bond donors (Lipinski definition) is 1. The lowest BCUT2D eigenvalue weighted by molar-refractivity contribution is -0.000837. The molecule has 2 aliphatic rings. The van der Waals surface area contributed by atoms with Gasteiger partial charge in [-0.25, -0.2) is 0 Å². The van der Waals surface area contributed by atoms with Crippen molar-refractivity contribution in [3.05, 3.63) is 21.1 Å². The third-order valence-corrected chi connectivity index (χ3v) is 4.13. The van der Waals surface area contributed by atoms with E-state index < -0.39 is 6.10 Å². The maximum absolute atomic E-state index is 9.52. The van der Waals surface area contributed by atoms with Crippen LogP contribution in [0.5, 0.6) is 0 Å². The summed E-state index contributed by atoms with van der Waals surface area (Å²) < 4.78 is 7.08. The van der Waals surface area contributed by atoms with Crippen molar-refractivity contribution in [1.29, 1.82) is 0 Å². The average molecular weight is 282 g/mol. The Labute approximate surface area is 81.2 Å². The SMILES string of the molecule is O[C@H]1C(Br)=C(Br)[C@@H]2C=C[C@H]1O2. The maximum Gasteiger partial charge on any atom is 0.116 e. The lowest BCUT2D eigenvalue weighted by Crippen LogP contribution is -2.32. The molecule has 11 heavy (non-hydrogen) atoms. The Morgan fingerprint density at radius 2 is 2.00 bits per heavy atom. The van der Waals surface area contributed by atoms with E-state index in [4.69, 9.17) is 4.74 Å². The molecular formula is C7H6Br2O2. The quantitative estimate of drug-likeness (QED) is 0.685. The van der Waals surface area contributed by atoms with Gasteiger partial charge in [-0.2, -0.15) is 0 Å². The molecule has 2 bridgehead atoms. The minimum atomic E-state index is -0.556. The second-order valence-corrected chi connectivity index (χ2v) is 4.26. The monoisotopic (exact) mass is 280 g/mol. The van der Waals surface area contributed by atoms with Gasteiger partial charge in [0, 0.05) is 8.96 Å². The van der Waals surface area contributed by atoms with E-state index in [9.17, 15) is 5.11 Å². The summed E-state index contributed by atoms with van der Waals surface area (Å²) in [6, 6.07) is 0. The zero-order chi connectivity index (χ0) is 8.01. The molecule has 0 unspecified atom stereocenters. The molecule has 0 aliphatic carbocycles. The topological polar surface area (TPSA) is 29.5 Å². The van der Waals surface area contributed by atoms with Gasteiger partial charge in [0.15, 0.2) is 0 Å². The summed E-state index contributed by atoms with van der Waals surface area (Å²) in [4.78, 5) is 0. The van der Waals surface area contributed by atoms with Gasteiger partial charge in [-0.15, -0.1) is 0 Å². The first-order valence-corrected chi connectivity index (χ1v) is 4.85. The van der Waals surface area contributed by atoms with Crippen LogP contribution in [0.4, 0.5) is 0 Å². The van der Waals surface area contributed by atoms with Crippen molar-refractivity contribution in [1.82, 2.24) is 0 Å². The Balaban J connectivity index is 2.41. The van der Waals surface area contributed by atoms with Gasteiger partial charge in [0.05, 0.1) is 0 Å². The van der Waals surface area contributed by atoms with E-state index in [-0.39, 0.29) is 12.2 Å². The molecule has 3 atom stereocenters. The standard InChI is InChI=1S/C7H6Br2O2/c8-5-3-1-2-4(11-3)7(10)6(5)9/h1-4,7,10H/t3-,4+,7+/m0/s1. The van der Waals surface area contributed by atoms with E-state index in [1.54, 1.807) is 0 Å². The van der Waals surface area contributed by atoms with Crippen molar-refractivity contribution < 1.29 is 9.84 Å². The van der Waals surface area contributed by atoms with Crippen LogP contribution in [0.1, 0.15) is 0 Å². The van der Waals surface area contributed by atoms with Crippen molar-refractivity contribution in [3.8, 4) is 0 Å². The van der Waals surface area contributed by atoms with Crippen LogP contribution in [0.15, 0.2) is 21.1 Å². The van der Waals surface area contributed by atoms with Crippen molar-refractivity contribution in [2.45, 2.75) is 18.3 Å². The molecule has 0 saturated heterocycles. The molecule has 1 N–H and O–H groups in total. The molecule has 0 radical (unpaired) electrons. The molecule has 0 aromatic heterocycles. The van der Waals surface area contributed by atoms with Gasteiger partial charge in [-0.05, 0) is 0 Å². The first kappa shape index (κ1) is 7.98. The molecule has 2 aliphatic heterocycles. The van der Waals surface area contributed by atoms with Crippen molar-refractivity contribution in [2.24, 2.45) is 0 Å². The number of aliphatic hydroxyl groups excluding tert-OH is 1. The maximum atomic E-state index is 9.52. The largest absolute Gasteiger partial charge is 0.385 e. The molecule has 0 saturated carbocycles. The van der Waals surface area contributed by atoms with E-state index in [1.807, 2.05) is 12.2 Å². The van der Waals surface area contributed by atoms with Crippen LogP contribution in [-0.4, -0.2) is 23.4 Å². The number of ether oxygens (including phenoxy) is 1. The normalized spacial score (nSPS) is 41.9. The number of aliphatic hydroxyl groups is 1. The van der Waals surface area contributed by atoms with E-state index in [0.29, 0.717) is 0 Å². The van der Waals surface area contributed by atoms with Gasteiger partial charge in [-0.1, -0.05) is 44.0 Å². The highest BCUT2D eigenvalue weighted by Gasteiger charge is 2.36. The Hall–Kier alpha value is 0.360. The molecule has 0 spiro atoms. The minimum Gasteiger partial charge on any atom is -0.385 e. The number of fused-ring (bicyclic) bond motifs is 2. The second-order valence-electron chi connectivity index (χ2n) is 2.55. The summed E-state index contributed by atoms with van der Waals surface area (Å²) >= 11 is 6.65. The smallest absolute Gasteiger partial charge is 0.116 e. The fourth-order valence-electron chi connectivity index (χ4n) is 1.22. The zero-order valence-corrected chi connectivity index (χ0v) is 8.67. The third kappa shape index (κ3) is 1.13. The van der Waals surface area contributed by atoms with Crippen molar-refractivity contribution in [2.75, 3.05) is 0 Å². The molecule has 60 valence electrons. The molecule has 2 heterocycles. The Kier molecular flexibility index (Phi) is 1.95. The fraction of sp³-hybridized carbons (Fsp3) is 0.429. The predicted molar refractivity (Wildman–Crippen MR) is 48.7 cm³/mol. The van der Waals surface area contributed by atoms with Gasteiger partial charge in [0.1, 0.15) is 18.3 Å². The van der Waals surface area contributed by atoms with Crippen LogP contribution < -0.4 is 0 Å². The van der Waals surface area contributed by atoms with Crippen LogP contribution >= 0.6 is 31.9 Å².